The second-order valence-electron chi connectivity index (χ2n) is 1.82. The fourth-order valence-electron chi connectivity index (χ4n) is 0.724. The van der Waals surface area contributed by atoms with Gasteiger partial charge < -0.3 is 9.84 Å². The van der Waals surface area contributed by atoms with Gasteiger partial charge in [-0.3, -0.25) is 0 Å². The van der Waals surface area contributed by atoms with Crippen molar-refractivity contribution in [2.45, 2.75) is 25.6 Å². The summed E-state index contributed by atoms with van der Waals surface area (Å²) in [6.45, 7) is 0.737. The van der Waals surface area contributed by atoms with Crippen LogP contribution in [-0.4, -0.2) is 47.6 Å². The molecule has 1 aliphatic rings. The average Bonchev–Trinajstić information content (AvgIpc) is 1.69. The van der Waals surface area contributed by atoms with E-state index in [1.54, 1.807) is 0 Å². The number of aliphatic hydroxyl groups is 1. The van der Waals surface area contributed by atoms with Crippen molar-refractivity contribution in [2.75, 3.05) is 6.61 Å². The molecule has 1 heterocycles. The Morgan fingerprint density at radius 1 is 1.38 bits per heavy atom. The van der Waals surface area contributed by atoms with E-state index in [9.17, 15) is 0 Å². The summed E-state index contributed by atoms with van der Waals surface area (Å²) in [6, 6.07) is 0. The second-order valence-corrected chi connectivity index (χ2v) is 1.82. The third-order valence-electron chi connectivity index (χ3n) is 1.16. The first kappa shape index (κ1) is 8.92. The van der Waals surface area contributed by atoms with Crippen LogP contribution in [0.5, 0.6) is 0 Å². The van der Waals surface area contributed by atoms with E-state index in [1.165, 1.54) is 0 Å². The van der Waals surface area contributed by atoms with Gasteiger partial charge in [-0.15, -0.1) is 0 Å². The van der Waals surface area contributed by atoms with Crippen molar-refractivity contribution in [2.24, 2.45) is 0 Å². The maximum atomic E-state index is 8.69. The molecule has 1 fully saturated rings. The normalized spacial score (nSPS) is 28.9. The topological polar surface area (TPSA) is 29.5 Å². The molecule has 2 nitrogen and oxygen atoms in total. The molecule has 0 saturated carbocycles. The van der Waals surface area contributed by atoms with E-state index in [2.05, 4.69) is 0 Å². The molecule has 0 aromatic rings. The van der Waals surface area contributed by atoms with Crippen LogP contribution in [-0.2, 0) is 4.74 Å². The molecule has 1 saturated heterocycles. The molecular weight excluding hydrogens is 115 g/mol. The molecular formula is C5H10NaO2. The van der Waals surface area contributed by atoms with Crippen molar-refractivity contribution in [1.29, 1.82) is 0 Å². The fourth-order valence-corrected chi connectivity index (χ4v) is 0.724. The van der Waals surface area contributed by atoms with Crippen molar-refractivity contribution < 1.29 is 9.84 Å². The van der Waals surface area contributed by atoms with Gasteiger partial charge in [0.2, 0.25) is 0 Å². The molecule has 1 N–H and O–H groups in total. The van der Waals surface area contributed by atoms with Gasteiger partial charge in [0.05, 0.1) is 0 Å². The molecule has 0 bridgehead atoms. The van der Waals surface area contributed by atoms with E-state index >= 15 is 0 Å². The molecule has 1 atom stereocenters. The molecule has 1 radical (unpaired) electrons. The van der Waals surface area contributed by atoms with E-state index < -0.39 is 6.29 Å². The number of hydrogen-bond acceptors (Lipinski definition) is 2. The minimum atomic E-state index is -0.464. The van der Waals surface area contributed by atoms with Gasteiger partial charge in [-0.25, -0.2) is 0 Å². The number of aliphatic hydroxyl groups excluding tert-OH is 1. The summed E-state index contributed by atoms with van der Waals surface area (Å²) in [6.07, 6.45) is 2.58. The molecule has 0 amide bonds. The van der Waals surface area contributed by atoms with Gasteiger partial charge in [0.15, 0.2) is 6.29 Å². The predicted molar refractivity (Wildman–Crippen MR) is 31.6 cm³/mol. The van der Waals surface area contributed by atoms with Crippen LogP contribution in [0.1, 0.15) is 19.3 Å². The van der Waals surface area contributed by atoms with Gasteiger partial charge in [0.1, 0.15) is 0 Å². The Hall–Kier alpha value is 0.920. The van der Waals surface area contributed by atoms with Crippen LogP contribution in [0.25, 0.3) is 0 Å². The van der Waals surface area contributed by atoms with Crippen LogP contribution in [0.15, 0.2) is 0 Å². The van der Waals surface area contributed by atoms with Gasteiger partial charge in [-0.05, 0) is 19.3 Å². The van der Waals surface area contributed by atoms with Gasteiger partial charge in [0, 0.05) is 36.2 Å². The Labute approximate surface area is 71.5 Å². The van der Waals surface area contributed by atoms with Gasteiger partial charge in [-0.2, -0.15) is 0 Å². The van der Waals surface area contributed by atoms with Crippen molar-refractivity contribution in [3.05, 3.63) is 0 Å². The monoisotopic (exact) mass is 125 g/mol. The summed E-state index contributed by atoms with van der Waals surface area (Å²) in [4.78, 5) is 0. The van der Waals surface area contributed by atoms with Gasteiger partial charge >= 0.3 is 0 Å². The first-order chi connectivity index (χ1) is 3.39. The van der Waals surface area contributed by atoms with Crippen molar-refractivity contribution in [3.63, 3.8) is 0 Å². The Bertz CT molecular complexity index is 52.4. The van der Waals surface area contributed by atoms with Crippen LogP contribution in [0.2, 0.25) is 0 Å². The molecule has 1 rings (SSSR count). The summed E-state index contributed by atoms with van der Waals surface area (Å²) in [7, 11) is 0. The minimum Gasteiger partial charge on any atom is -0.368 e. The zero-order valence-electron chi connectivity index (χ0n) is 5.26. The van der Waals surface area contributed by atoms with E-state index in [0.29, 0.717) is 0 Å². The van der Waals surface area contributed by atoms with Crippen LogP contribution in [0.4, 0.5) is 0 Å². The Morgan fingerprint density at radius 3 is 2.38 bits per heavy atom. The van der Waals surface area contributed by atoms with E-state index in [4.69, 9.17) is 9.84 Å². The maximum absolute atomic E-state index is 8.69. The Kier molecular flexibility index (Phi) is 5.31. The average molecular weight is 125 g/mol. The summed E-state index contributed by atoms with van der Waals surface area (Å²) in [5.74, 6) is 0. The third-order valence-corrected chi connectivity index (χ3v) is 1.16. The standard InChI is InChI=1S/C5H10O2.Na/c6-5-3-1-2-4-7-5;/h5-6H,1-4H2;. The quantitative estimate of drug-likeness (QED) is 0.466. The predicted octanol–water partition coefficient (Wildman–Crippen LogP) is 0.125. The molecule has 43 valence electrons. The zero-order valence-corrected chi connectivity index (χ0v) is 7.26. The Balaban J connectivity index is 0.000000490. The molecule has 1 unspecified atom stereocenters. The molecule has 1 aliphatic heterocycles. The van der Waals surface area contributed by atoms with Crippen molar-refractivity contribution in [1.82, 2.24) is 0 Å². The summed E-state index contributed by atoms with van der Waals surface area (Å²) in [5.41, 5.74) is 0. The van der Waals surface area contributed by atoms with Crippen LogP contribution >= 0.6 is 0 Å². The van der Waals surface area contributed by atoms with Crippen molar-refractivity contribution >= 4 is 29.6 Å². The van der Waals surface area contributed by atoms with Gasteiger partial charge in [-0.1, -0.05) is 0 Å². The molecule has 0 aliphatic carbocycles. The zero-order chi connectivity index (χ0) is 5.11. The van der Waals surface area contributed by atoms with E-state index in [-0.39, 0.29) is 29.6 Å². The van der Waals surface area contributed by atoms with Gasteiger partial charge in [0.25, 0.3) is 0 Å². The SMILES string of the molecule is OC1CCCCO1.[Na]. The molecule has 0 aromatic carbocycles. The molecule has 0 spiro atoms. The number of hydrogen-bond donors (Lipinski definition) is 1. The molecule has 8 heavy (non-hydrogen) atoms. The fraction of sp³-hybridized carbons (Fsp3) is 1.00. The second kappa shape index (κ2) is 4.77. The minimum absolute atomic E-state index is 0. The van der Waals surface area contributed by atoms with Crippen LogP contribution in [0, 0.1) is 0 Å². The number of ether oxygens (including phenoxy) is 1. The number of rotatable bonds is 0. The largest absolute Gasteiger partial charge is 0.368 e. The van der Waals surface area contributed by atoms with E-state index in [1.807, 2.05) is 0 Å². The third kappa shape index (κ3) is 3.05. The first-order valence-electron chi connectivity index (χ1n) is 2.69. The van der Waals surface area contributed by atoms with Crippen LogP contribution < -0.4 is 0 Å². The van der Waals surface area contributed by atoms with Crippen molar-refractivity contribution in [3.8, 4) is 0 Å². The summed E-state index contributed by atoms with van der Waals surface area (Å²) < 4.78 is 4.83. The Morgan fingerprint density at radius 2 is 2.12 bits per heavy atom. The molecule has 0 aromatic heterocycles. The van der Waals surface area contributed by atoms with Crippen LogP contribution in [0.3, 0.4) is 0 Å². The summed E-state index contributed by atoms with van der Waals surface area (Å²) in [5, 5.41) is 8.69. The first-order valence-corrected chi connectivity index (χ1v) is 2.69. The van der Waals surface area contributed by atoms with E-state index in [0.717, 1.165) is 25.9 Å². The molecule has 3 heteroatoms. The summed E-state index contributed by atoms with van der Waals surface area (Å²) >= 11 is 0. The smallest absolute Gasteiger partial charge is 0.154 e. The maximum Gasteiger partial charge on any atom is 0.154 e.